The highest BCUT2D eigenvalue weighted by Gasteiger charge is 2.22. The van der Waals surface area contributed by atoms with Crippen molar-refractivity contribution in [1.29, 1.82) is 0 Å². The first-order valence-electron chi connectivity index (χ1n) is 4.58. The van der Waals surface area contributed by atoms with E-state index >= 15 is 0 Å². The van der Waals surface area contributed by atoms with E-state index < -0.39 is 5.97 Å². The molecule has 0 bridgehead atoms. The molecule has 0 saturated heterocycles. The average Bonchev–Trinajstić information content (AvgIpc) is 2.46. The number of aromatic nitrogens is 2. The van der Waals surface area contributed by atoms with E-state index in [-0.39, 0.29) is 12.3 Å². The molecule has 0 aromatic carbocycles. The Bertz CT molecular complexity index is 362. The van der Waals surface area contributed by atoms with Crippen LogP contribution >= 0.6 is 15.9 Å². The fourth-order valence-corrected chi connectivity index (χ4v) is 2.37. The van der Waals surface area contributed by atoms with E-state index in [1.54, 1.807) is 6.20 Å². The second kappa shape index (κ2) is 3.73. The summed E-state index contributed by atoms with van der Waals surface area (Å²) in [6.07, 6.45) is 3.73. The van der Waals surface area contributed by atoms with E-state index in [9.17, 15) is 4.79 Å². The Balaban J connectivity index is 2.10. The Labute approximate surface area is 90.1 Å². The molecular weight excluding hydrogens is 248 g/mol. The first-order valence-corrected chi connectivity index (χ1v) is 5.38. The van der Waals surface area contributed by atoms with E-state index in [0.29, 0.717) is 0 Å². The number of fused-ring (bicyclic) bond motifs is 1. The summed E-state index contributed by atoms with van der Waals surface area (Å²) in [5, 5.41) is 8.68. The molecule has 5 heteroatoms. The summed E-state index contributed by atoms with van der Waals surface area (Å²) in [7, 11) is 0. The fraction of sp³-hybridized carbons (Fsp3) is 0.556. The molecule has 1 aliphatic rings. The number of carbonyl (C=O) groups is 1. The first-order chi connectivity index (χ1) is 6.66. The highest BCUT2D eigenvalue weighted by Crippen LogP contribution is 2.25. The van der Waals surface area contributed by atoms with Crippen LogP contribution in [0.3, 0.4) is 0 Å². The Morgan fingerprint density at radius 1 is 1.79 bits per heavy atom. The van der Waals surface area contributed by atoms with Gasteiger partial charge in [-0.25, -0.2) is 4.98 Å². The van der Waals surface area contributed by atoms with E-state index in [0.717, 1.165) is 29.8 Å². The van der Waals surface area contributed by atoms with Gasteiger partial charge in [-0.15, -0.1) is 0 Å². The number of carboxylic acid groups (broad SMARTS) is 1. The van der Waals surface area contributed by atoms with Crippen molar-refractivity contribution in [2.75, 3.05) is 0 Å². The number of hydrogen-bond acceptors (Lipinski definition) is 2. The molecule has 1 atom stereocenters. The molecule has 4 nitrogen and oxygen atoms in total. The Hall–Kier alpha value is -0.840. The van der Waals surface area contributed by atoms with Gasteiger partial charge in [0.15, 0.2) is 0 Å². The minimum atomic E-state index is -0.714. The second-order valence-electron chi connectivity index (χ2n) is 3.61. The maximum atomic E-state index is 10.5. The van der Waals surface area contributed by atoms with Gasteiger partial charge in [0.25, 0.3) is 0 Å². The van der Waals surface area contributed by atoms with Crippen LogP contribution in [-0.4, -0.2) is 20.6 Å². The van der Waals surface area contributed by atoms with E-state index in [1.807, 2.05) is 0 Å². The maximum absolute atomic E-state index is 10.5. The van der Waals surface area contributed by atoms with Crippen LogP contribution in [0.15, 0.2) is 10.8 Å². The van der Waals surface area contributed by atoms with E-state index in [1.165, 1.54) is 0 Å². The lowest BCUT2D eigenvalue weighted by Crippen LogP contribution is -2.21. The van der Waals surface area contributed by atoms with Crippen LogP contribution in [0.5, 0.6) is 0 Å². The van der Waals surface area contributed by atoms with Crippen molar-refractivity contribution >= 4 is 21.9 Å². The van der Waals surface area contributed by atoms with Gasteiger partial charge in [-0.05, 0) is 28.3 Å². The van der Waals surface area contributed by atoms with Crippen LogP contribution < -0.4 is 0 Å². The quantitative estimate of drug-likeness (QED) is 0.879. The summed E-state index contributed by atoms with van der Waals surface area (Å²) >= 11 is 3.41. The highest BCUT2D eigenvalue weighted by atomic mass is 79.9. The van der Waals surface area contributed by atoms with Crippen molar-refractivity contribution in [2.45, 2.75) is 25.8 Å². The average molecular weight is 259 g/mol. The molecule has 0 fully saturated rings. The van der Waals surface area contributed by atoms with Crippen LogP contribution in [0.4, 0.5) is 0 Å². The minimum absolute atomic E-state index is 0.245. The summed E-state index contributed by atoms with van der Waals surface area (Å²) in [5.74, 6) is 0.526. The molecule has 2 heterocycles. The highest BCUT2D eigenvalue weighted by molar-refractivity contribution is 9.10. The van der Waals surface area contributed by atoms with Crippen molar-refractivity contribution < 1.29 is 9.90 Å². The monoisotopic (exact) mass is 258 g/mol. The van der Waals surface area contributed by atoms with Crippen LogP contribution in [0.1, 0.15) is 18.7 Å². The Kier molecular flexibility index (Phi) is 2.58. The third kappa shape index (κ3) is 1.82. The van der Waals surface area contributed by atoms with Crippen LogP contribution in [0.25, 0.3) is 0 Å². The van der Waals surface area contributed by atoms with Gasteiger partial charge in [0.2, 0.25) is 0 Å². The number of rotatable bonds is 2. The maximum Gasteiger partial charge on any atom is 0.303 e. The number of imidazole rings is 1. The molecule has 1 aliphatic heterocycles. The molecule has 1 N–H and O–H groups in total. The number of carboxylic acids is 1. The van der Waals surface area contributed by atoms with Gasteiger partial charge in [-0.2, -0.15) is 0 Å². The van der Waals surface area contributed by atoms with Crippen molar-refractivity contribution in [3.05, 3.63) is 16.6 Å². The summed E-state index contributed by atoms with van der Waals surface area (Å²) in [5.41, 5.74) is 0. The standard InChI is InChI=1S/C9H11BrN2O2/c10-7-5-11-8-3-6(4-9(13)14)1-2-12(7)8/h5-6H,1-4H2,(H,13,14). The smallest absolute Gasteiger partial charge is 0.303 e. The number of nitrogens with zero attached hydrogens (tertiary/aromatic N) is 2. The molecule has 0 spiro atoms. The van der Waals surface area contributed by atoms with Gasteiger partial charge in [0.05, 0.1) is 6.20 Å². The van der Waals surface area contributed by atoms with Crippen molar-refractivity contribution in [1.82, 2.24) is 9.55 Å². The van der Waals surface area contributed by atoms with Gasteiger partial charge < -0.3 is 9.67 Å². The summed E-state index contributed by atoms with van der Waals surface area (Å²) in [6, 6.07) is 0. The number of halogens is 1. The van der Waals surface area contributed by atoms with Crippen molar-refractivity contribution in [2.24, 2.45) is 5.92 Å². The van der Waals surface area contributed by atoms with Crippen LogP contribution in [0, 0.1) is 5.92 Å². The lowest BCUT2D eigenvalue weighted by molar-refractivity contribution is -0.138. The Morgan fingerprint density at radius 3 is 3.29 bits per heavy atom. The minimum Gasteiger partial charge on any atom is -0.481 e. The van der Waals surface area contributed by atoms with Crippen molar-refractivity contribution in [3.63, 3.8) is 0 Å². The van der Waals surface area contributed by atoms with Crippen LogP contribution in [0.2, 0.25) is 0 Å². The molecule has 1 unspecified atom stereocenters. The third-order valence-corrected chi connectivity index (χ3v) is 3.22. The topological polar surface area (TPSA) is 55.1 Å². The SMILES string of the molecule is O=C(O)CC1CCn2c(Br)cnc2C1. The molecule has 76 valence electrons. The summed E-state index contributed by atoms with van der Waals surface area (Å²) in [4.78, 5) is 14.8. The van der Waals surface area contributed by atoms with Crippen molar-refractivity contribution in [3.8, 4) is 0 Å². The molecule has 0 amide bonds. The van der Waals surface area contributed by atoms with E-state index in [2.05, 4.69) is 25.5 Å². The lowest BCUT2D eigenvalue weighted by Gasteiger charge is -2.22. The van der Waals surface area contributed by atoms with Gasteiger partial charge in [0, 0.05) is 19.4 Å². The lowest BCUT2D eigenvalue weighted by atomic mass is 9.94. The zero-order valence-electron chi connectivity index (χ0n) is 7.61. The fourth-order valence-electron chi connectivity index (χ4n) is 1.88. The molecular formula is C9H11BrN2O2. The number of aliphatic carboxylic acids is 1. The molecule has 14 heavy (non-hydrogen) atoms. The zero-order valence-corrected chi connectivity index (χ0v) is 9.20. The number of hydrogen-bond donors (Lipinski definition) is 1. The molecule has 0 radical (unpaired) electrons. The Morgan fingerprint density at radius 2 is 2.57 bits per heavy atom. The predicted molar refractivity (Wildman–Crippen MR) is 54.0 cm³/mol. The largest absolute Gasteiger partial charge is 0.481 e. The second-order valence-corrected chi connectivity index (χ2v) is 4.42. The van der Waals surface area contributed by atoms with Crippen LogP contribution in [-0.2, 0) is 17.8 Å². The first kappa shape index (κ1) is 9.71. The third-order valence-electron chi connectivity index (χ3n) is 2.59. The summed E-state index contributed by atoms with van der Waals surface area (Å²) < 4.78 is 3.08. The molecule has 0 saturated carbocycles. The van der Waals surface area contributed by atoms with Gasteiger partial charge in [-0.3, -0.25) is 4.79 Å². The molecule has 0 aliphatic carbocycles. The van der Waals surface area contributed by atoms with E-state index in [4.69, 9.17) is 5.11 Å². The predicted octanol–water partition coefficient (Wildman–Crippen LogP) is 1.68. The molecule has 2 rings (SSSR count). The summed E-state index contributed by atoms with van der Waals surface area (Å²) in [6.45, 7) is 0.869. The molecule has 1 aromatic rings. The normalized spacial score (nSPS) is 20.5. The molecule has 1 aromatic heterocycles. The van der Waals surface area contributed by atoms with Gasteiger partial charge >= 0.3 is 5.97 Å². The van der Waals surface area contributed by atoms with Gasteiger partial charge in [0.1, 0.15) is 10.4 Å². The van der Waals surface area contributed by atoms with Gasteiger partial charge in [-0.1, -0.05) is 0 Å². The zero-order chi connectivity index (χ0) is 10.1.